The SMILES string of the molecule is COc1ccc([C@@]23C(=O)N(Nc4ccc(Cl)cc4Cl)C(=O)[C@@H]2C[C@@H]2C(=CC[C@@H]4C(=O)N(CCc5ccc(O)cc5)C(=O)[C@@H]42)[C@@H]3c2ccc(O)cc2OC)cc1. The van der Waals surface area contributed by atoms with Crippen LogP contribution in [0.25, 0.3) is 0 Å². The van der Waals surface area contributed by atoms with E-state index in [0.717, 1.165) is 16.1 Å². The predicted molar refractivity (Wildman–Crippen MR) is 204 cm³/mol. The molecule has 2 heterocycles. The molecule has 2 aliphatic heterocycles. The molecule has 2 aliphatic carbocycles. The van der Waals surface area contributed by atoms with Crippen LogP contribution in [0.4, 0.5) is 5.69 Å². The third kappa shape index (κ3) is 5.79. The van der Waals surface area contributed by atoms with Crippen molar-refractivity contribution in [1.82, 2.24) is 9.91 Å². The van der Waals surface area contributed by atoms with E-state index < -0.39 is 46.8 Å². The number of hydrogen-bond acceptors (Lipinski definition) is 9. The fraction of sp³-hybridized carbons (Fsp3) is 0.286. The number of benzene rings is 4. The van der Waals surface area contributed by atoms with E-state index in [0.29, 0.717) is 28.3 Å². The first-order chi connectivity index (χ1) is 26.5. The molecular formula is C42H37Cl2N3O8. The topological polar surface area (TPSA) is 146 Å². The number of aromatic hydroxyl groups is 2. The molecule has 8 rings (SSSR count). The Morgan fingerprint density at radius 2 is 1.55 bits per heavy atom. The number of anilines is 1. The summed E-state index contributed by atoms with van der Waals surface area (Å²) < 4.78 is 11.3. The highest BCUT2D eigenvalue weighted by molar-refractivity contribution is 6.36. The summed E-state index contributed by atoms with van der Waals surface area (Å²) in [4.78, 5) is 60.2. The second kappa shape index (κ2) is 14.0. The lowest BCUT2D eigenvalue weighted by Crippen LogP contribution is -2.53. The van der Waals surface area contributed by atoms with Gasteiger partial charge in [0.05, 0.1) is 48.1 Å². The summed E-state index contributed by atoms with van der Waals surface area (Å²) in [5.41, 5.74) is 4.36. The van der Waals surface area contributed by atoms with Crippen LogP contribution in [-0.2, 0) is 31.0 Å². The van der Waals surface area contributed by atoms with Gasteiger partial charge in [-0.1, -0.05) is 65.2 Å². The third-order valence-electron chi connectivity index (χ3n) is 11.8. The van der Waals surface area contributed by atoms with Crippen molar-refractivity contribution in [3.8, 4) is 23.0 Å². The number of likely N-dealkylation sites (tertiary alicyclic amines) is 1. The molecule has 0 radical (unpaired) electrons. The summed E-state index contributed by atoms with van der Waals surface area (Å²) in [6, 6.07) is 23.0. The summed E-state index contributed by atoms with van der Waals surface area (Å²) in [5.74, 6) is -4.70. The van der Waals surface area contributed by atoms with E-state index in [4.69, 9.17) is 32.7 Å². The van der Waals surface area contributed by atoms with E-state index in [9.17, 15) is 24.6 Å². The number of allylic oxidation sites excluding steroid dienone is 2. The standard InChI is InChI=1S/C42H37Cl2N3O8/c1-54-27-11-5-23(6-12-27)42-32(39(51)47(41(42)53)45-34-16-7-24(43)19-33(34)44)21-31-28(37(42)29-13-10-26(49)20-35(29)55-2)14-15-30-36(31)40(52)46(38(30)50)18-17-22-3-8-25(48)9-4-22/h3-14,16,19-20,30-32,36-37,45,48-49H,15,17-18,21H2,1-2H3/t30-,31+,32-,36-,37+,42+/m0/s1. The van der Waals surface area contributed by atoms with Gasteiger partial charge in [0, 0.05) is 29.1 Å². The molecule has 0 spiro atoms. The average Bonchev–Trinajstić information content (AvgIpc) is 3.55. The average molecular weight is 783 g/mol. The number of ether oxygens (including phenoxy) is 2. The van der Waals surface area contributed by atoms with Gasteiger partial charge in [-0.2, -0.15) is 5.01 Å². The van der Waals surface area contributed by atoms with Crippen molar-refractivity contribution < 1.29 is 38.9 Å². The zero-order valence-corrected chi connectivity index (χ0v) is 31.4. The number of methoxy groups -OCH3 is 2. The molecule has 2 saturated heterocycles. The second-order valence-corrected chi connectivity index (χ2v) is 15.2. The number of imide groups is 2. The van der Waals surface area contributed by atoms with E-state index in [1.54, 1.807) is 66.7 Å². The van der Waals surface area contributed by atoms with Crippen molar-refractivity contribution in [1.29, 1.82) is 0 Å². The summed E-state index contributed by atoms with van der Waals surface area (Å²) in [6.45, 7) is 0.156. The van der Waals surface area contributed by atoms with Gasteiger partial charge < -0.3 is 19.7 Å². The number of halogens is 2. The molecule has 3 N–H and O–H groups in total. The Hall–Kier alpha value is -5.52. The monoisotopic (exact) mass is 781 g/mol. The number of phenols is 2. The Morgan fingerprint density at radius 1 is 0.818 bits per heavy atom. The largest absolute Gasteiger partial charge is 0.508 e. The maximum Gasteiger partial charge on any atom is 0.260 e. The highest BCUT2D eigenvalue weighted by Gasteiger charge is 2.70. The van der Waals surface area contributed by atoms with E-state index in [1.807, 2.05) is 6.08 Å². The van der Waals surface area contributed by atoms with Crippen molar-refractivity contribution in [2.75, 3.05) is 26.2 Å². The van der Waals surface area contributed by atoms with Crippen molar-refractivity contribution in [2.24, 2.45) is 23.7 Å². The number of carbonyl (C=O) groups is 4. The lowest BCUT2D eigenvalue weighted by Gasteiger charge is -2.50. The summed E-state index contributed by atoms with van der Waals surface area (Å²) >= 11 is 12.7. The molecule has 55 heavy (non-hydrogen) atoms. The van der Waals surface area contributed by atoms with Gasteiger partial charge in [-0.3, -0.25) is 29.5 Å². The van der Waals surface area contributed by atoms with Crippen LogP contribution in [0.5, 0.6) is 23.0 Å². The lowest BCUT2D eigenvalue weighted by molar-refractivity contribution is -0.141. The molecule has 0 aromatic heterocycles. The number of nitrogens with zero attached hydrogens (tertiary/aromatic N) is 2. The molecule has 4 amide bonds. The number of hydrazine groups is 1. The first-order valence-electron chi connectivity index (χ1n) is 17.9. The molecule has 11 nitrogen and oxygen atoms in total. The van der Waals surface area contributed by atoms with E-state index >= 15 is 4.79 Å². The molecular weight excluding hydrogens is 745 g/mol. The molecule has 4 aromatic carbocycles. The van der Waals surface area contributed by atoms with E-state index in [1.165, 1.54) is 37.3 Å². The van der Waals surface area contributed by atoms with Crippen LogP contribution in [-0.4, -0.2) is 64.5 Å². The van der Waals surface area contributed by atoms with Gasteiger partial charge in [0.15, 0.2) is 0 Å². The predicted octanol–water partition coefficient (Wildman–Crippen LogP) is 6.65. The van der Waals surface area contributed by atoms with Crippen LogP contribution < -0.4 is 14.9 Å². The molecule has 0 unspecified atom stereocenters. The van der Waals surface area contributed by atoms with Crippen LogP contribution in [0.3, 0.4) is 0 Å². The van der Waals surface area contributed by atoms with Crippen LogP contribution in [0.2, 0.25) is 10.0 Å². The van der Waals surface area contributed by atoms with Crippen LogP contribution in [0.1, 0.15) is 35.4 Å². The Balaban J connectivity index is 1.28. The molecule has 282 valence electrons. The van der Waals surface area contributed by atoms with Crippen molar-refractivity contribution in [3.63, 3.8) is 0 Å². The molecule has 3 fully saturated rings. The summed E-state index contributed by atoms with van der Waals surface area (Å²) in [7, 11) is 3.00. The quantitative estimate of drug-likeness (QED) is 0.126. The Bertz CT molecular complexity index is 2260. The number of phenolic OH excluding ortho intramolecular Hbond substituents is 2. The fourth-order valence-corrected chi connectivity index (χ4v) is 9.77. The maximum absolute atomic E-state index is 15.5. The van der Waals surface area contributed by atoms with E-state index in [-0.39, 0.29) is 59.2 Å². The lowest BCUT2D eigenvalue weighted by atomic mass is 9.49. The molecule has 4 aromatic rings. The van der Waals surface area contributed by atoms with Gasteiger partial charge >= 0.3 is 0 Å². The summed E-state index contributed by atoms with van der Waals surface area (Å²) in [5, 5.41) is 21.9. The number of amides is 4. The second-order valence-electron chi connectivity index (χ2n) is 14.4. The first-order valence-corrected chi connectivity index (χ1v) is 18.7. The Labute approximate surface area is 327 Å². The smallest absolute Gasteiger partial charge is 0.260 e. The number of carbonyl (C=O) groups excluding carboxylic acids is 4. The van der Waals surface area contributed by atoms with Crippen molar-refractivity contribution in [2.45, 2.75) is 30.6 Å². The minimum atomic E-state index is -1.58. The Kier molecular flexibility index (Phi) is 9.25. The molecule has 13 heteroatoms. The van der Waals surface area contributed by atoms with Crippen molar-refractivity contribution >= 4 is 52.5 Å². The minimum absolute atomic E-state index is 0.0592. The van der Waals surface area contributed by atoms with Crippen LogP contribution in [0.15, 0.2) is 96.6 Å². The molecule has 1 saturated carbocycles. The van der Waals surface area contributed by atoms with Gasteiger partial charge in [0.2, 0.25) is 11.8 Å². The van der Waals surface area contributed by atoms with Crippen LogP contribution >= 0.6 is 23.2 Å². The van der Waals surface area contributed by atoms with Gasteiger partial charge in [-0.25, -0.2) is 0 Å². The van der Waals surface area contributed by atoms with Gasteiger partial charge in [-0.05, 0) is 84.8 Å². The molecule has 4 aliphatic rings. The zero-order chi connectivity index (χ0) is 38.8. The maximum atomic E-state index is 15.5. The van der Waals surface area contributed by atoms with Gasteiger partial charge in [-0.15, -0.1) is 0 Å². The minimum Gasteiger partial charge on any atom is -0.508 e. The molecule has 0 bridgehead atoms. The number of hydrogen-bond donors (Lipinski definition) is 3. The number of nitrogens with one attached hydrogen (secondary N) is 1. The van der Waals surface area contributed by atoms with Gasteiger partial charge in [0.25, 0.3) is 11.8 Å². The molecule has 6 atom stereocenters. The van der Waals surface area contributed by atoms with E-state index in [2.05, 4.69) is 5.43 Å². The Morgan fingerprint density at radius 3 is 2.24 bits per heavy atom. The highest BCUT2D eigenvalue weighted by Crippen LogP contribution is 2.65. The highest BCUT2D eigenvalue weighted by atomic mass is 35.5. The van der Waals surface area contributed by atoms with Crippen LogP contribution in [0, 0.1) is 23.7 Å². The summed E-state index contributed by atoms with van der Waals surface area (Å²) in [6.07, 6.45) is 2.71. The van der Waals surface area contributed by atoms with Gasteiger partial charge in [0.1, 0.15) is 23.0 Å². The first kappa shape index (κ1) is 36.5. The van der Waals surface area contributed by atoms with Crippen molar-refractivity contribution in [3.05, 3.63) is 123 Å². The normalized spacial score (nSPS) is 25.7. The fourth-order valence-electron chi connectivity index (χ4n) is 9.32. The zero-order valence-electron chi connectivity index (χ0n) is 29.9. The number of fused-ring (bicyclic) bond motifs is 4. The number of rotatable bonds is 9. The third-order valence-corrected chi connectivity index (χ3v) is 12.3.